The van der Waals surface area contributed by atoms with Gasteiger partial charge in [-0.25, -0.2) is 9.97 Å². The number of benzene rings is 1. The molecule has 0 unspecified atom stereocenters. The first-order chi connectivity index (χ1) is 9.45. The largest absolute Gasteiger partial charge is 0.384 e. The highest BCUT2D eigenvalue weighted by Crippen LogP contribution is 2.20. The lowest BCUT2D eigenvalue weighted by Gasteiger charge is -2.20. The molecule has 0 aliphatic heterocycles. The molecule has 0 fully saturated rings. The molecule has 0 saturated heterocycles. The average Bonchev–Trinajstić information content (AvgIpc) is 2.37. The molecule has 0 saturated carbocycles. The van der Waals surface area contributed by atoms with Crippen molar-refractivity contribution in [3.63, 3.8) is 0 Å². The van der Waals surface area contributed by atoms with Crippen LogP contribution in [0.2, 0.25) is 5.02 Å². The van der Waals surface area contributed by atoms with E-state index in [9.17, 15) is 0 Å². The summed E-state index contributed by atoms with van der Waals surface area (Å²) in [6.45, 7) is 4.82. The van der Waals surface area contributed by atoms with Crippen LogP contribution in [0.15, 0.2) is 30.3 Å². The number of aromatic nitrogens is 2. The Balaban J connectivity index is 2.22. The molecule has 5 heteroatoms. The topological polar surface area (TPSA) is 55.0 Å². The zero-order valence-corrected chi connectivity index (χ0v) is 12.7. The second kappa shape index (κ2) is 6.09. The minimum Gasteiger partial charge on any atom is -0.384 e. The number of nitrogen functional groups attached to an aromatic ring is 1. The maximum absolute atomic E-state index is 6.00. The molecule has 2 N–H and O–H groups in total. The lowest BCUT2D eigenvalue weighted by atomic mass is 10.2. The van der Waals surface area contributed by atoms with Gasteiger partial charge in [0.1, 0.15) is 17.5 Å². The monoisotopic (exact) mass is 290 g/mol. The zero-order chi connectivity index (χ0) is 14.7. The summed E-state index contributed by atoms with van der Waals surface area (Å²) < 4.78 is 0. The first-order valence-electron chi connectivity index (χ1n) is 6.55. The molecule has 1 aromatic carbocycles. The average molecular weight is 291 g/mol. The molecule has 20 heavy (non-hydrogen) atoms. The number of hydrogen-bond acceptors (Lipinski definition) is 4. The Kier molecular flexibility index (Phi) is 4.45. The van der Waals surface area contributed by atoms with Crippen molar-refractivity contribution < 1.29 is 0 Å². The normalized spacial score (nSPS) is 10.8. The lowest BCUT2D eigenvalue weighted by molar-refractivity contribution is 0.765. The summed E-state index contributed by atoms with van der Waals surface area (Å²) in [5.41, 5.74) is 6.98. The maximum Gasteiger partial charge on any atom is 0.135 e. The summed E-state index contributed by atoms with van der Waals surface area (Å²) in [6, 6.07) is 9.59. The van der Waals surface area contributed by atoms with Crippen molar-refractivity contribution in [2.75, 3.05) is 17.7 Å². The van der Waals surface area contributed by atoms with Crippen molar-refractivity contribution >= 4 is 23.2 Å². The van der Waals surface area contributed by atoms with Crippen molar-refractivity contribution in [1.82, 2.24) is 9.97 Å². The third-order valence-corrected chi connectivity index (χ3v) is 3.20. The fraction of sp³-hybridized carbons (Fsp3) is 0.333. The van der Waals surface area contributed by atoms with Gasteiger partial charge in [0, 0.05) is 30.6 Å². The molecule has 0 atom stereocenters. The van der Waals surface area contributed by atoms with Crippen LogP contribution in [-0.4, -0.2) is 17.0 Å². The molecule has 106 valence electrons. The summed E-state index contributed by atoms with van der Waals surface area (Å²) in [4.78, 5) is 10.8. The Morgan fingerprint density at radius 1 is 1.25 bits per heavy atom. The maximum atomic E-state index is 6.00. The Morgan fingerprint density at radius 3 is 2.65 bits per heavy atom. The minimum atomic E-state index is 0.247. The SMILES string of the molecule is CC(C)c1nc(N)cc(N(C)Cc2cccc(Cl)c2)n1. The van der Waals surface area contributed by atoms with Gasteiger partial charge in [0.05, 0.1) is 0 Å². The lowest BCUT2D eigenvalue weighted by Crippen LogP contribution is -2.19. The molecule has 0 bridgehead atoms. The molecule has 1 heterocycles. The van der Waals surface area contributed by atoms with E-state index in [0.29, 0.717) is 12.4 Å². The molecule has 4 nitrogen and oxygen atoms in total. The van der Waals surface area contributed by atoms with Crippen LogP contribution >= 0.6 is 11.6 Å². The van der Waals surface area contributed by atoms with Crippen LogP contribution in [0.5, 0.6) is 0 Å². The smallest absolute Gasteiger partial charge is 0.135 e. The van der Waals surface area contributed by atoms with Crippen molar-refractivity contribution in [2.45, 2.75) is 26.3 Å². The van der Waals surface area contributed by atoms with Gasteiger partial charge in [0.25, 0.3) is 0 Å². The highest BCUT2D eigenvalue weighted by atomic mass is 35.5. The van der Waals surface area contributed by atoms with E-state index >= 15 is 0 Å². The summed E-state index contributed by atoms with van der Waals surface area (Å²) >= 11 is 6.00. The van der Waals surface area contributed by atoms with Gasteiger partial charge in [-0.3, -0.25) is 0 Å². The van der Waals surface area contributed by atoms with Gasteiger partial charge in [0.2, 0.25) is 0 Å². The minimum absolute atomic E-state index is 0.247. The standard InChI is InChI=1S/C15H19ClN4/c1-10(2)15-18-13(17)8-14(19-15)20(3)9-11-5-4-6-12(16)7-11/h4-8,10H,9H2,1-3H3,(H2,17,18,19). The summed E-state index contributed by atoms with van der Waals surface area (Å²) in [5.74, 6) is 2.33. The highest BCUT2D eigenvalue weighted by Gasteiger charge is 2.10. The third-order valence-electron chi connectivity index (χ3n) is 2.97. The van der Waals surface area contributed by atoms with E-state index in [1.165, 1.54) is 0 Å². The van der Waals surface area contributed by atoms with Crippen LogP contribution in [0.25, 0.3) is 0 Å². The summed E-state index contributed by atoms with van der Waals surface area (Å²) in [6.07, 6.45) is 0. The number of rotatable bonds is 4. The molecule has 0 radical (unpaired) electrons. The number of anilines is 2. The van der Waals surface area contributed by atoms with Crippen molar-refractivity contribution in [3.05, 3.63) is 46.7 Å². The quantitative estimate of drug-likeness (QED) is 0.937. The molecular formula is C15H19ClN4. The van der Waals surface area contributed by atoms with Crippen molar-refractivity contribution in [1.29, 1.82) is 0 Å². The van der Waals surface area contributed by atoms with Crippen LogP contribution in [0, 0.1) is 0 Å². The van der Waals surface area contributed by atoms with Gasteiger partial charge < -0.3 is 10.6 Å². The van der Waals surface area contributed by atoms with Crippen LogP contribution in [0.4, 0.5) is 11.6 Å². The van der Waals surface area contributed by atoms with Crippen LogP contribution in [0.1, 0.15) is 31.2 Å². The number of nitrogens with zero attached hydrogens (tertiary/aromatic N) is 3. The van der Waals surface area contributed by atoms with Crippen LogP contribution in [-0.2, 0) is 6.54 Å². The molecule has 2 aromatic rings. The fourth-order valence-corrected chi connectivity index (χ4v) is 2.13. The first kappa shape index (κ1) is 14.6. The Morgan fingerprint density at radius 2 is 2.00 bits per heavy atom. The fourth-order valence-electron chi connectivity index (χ4n) is 1.92. The highest BCUT2D eigenvalue weighted by molar-refractivity contribution is 6.30. The van der Waals surface area contributed by atoms with E-state index in [4.69, 9.17) is 17.3 Å². The van der Waals surface area contributed by atoms with Gasteiger partial charge in [-0.15, -0.1) is 0 Å². The molecule has 0 aliphatic rings. The molecular weight excluding hydrogens is 272 g/mol. The van der Waals surface area contributed by atoms with Gasteiger partial charge in [-0.1, -0.05) is 37.6 Å². The molecule has 2 rings (SSSR count). The summed E-state index contributed by atoms with van der Waals surface area (Å²) in [7, 11) is 1.98. The summed E-state index contributed by atoms with van der Waals surface area (Å²) in [5, 5.41) is 0.737. The van der Waals surface area contributed by atoms with E-state index in [1.54, 1.807) is 6.07 Å². The second-order valence-electron chi connectivity index (χ2n) is 5.15. The van der Waals surface area contributed by atoms with E-state index in [2.05, 4.69) is 23.8 Å². The van der Waals surface area contributed by atoms with Crippen LogP contribution < -0.4 is 10.6 Å². The van der Waals surface area contributed by atoms with Gasteiger partial charge in [0.15, 0.2) is 0 Å². The Labute approximate surface area is 124 Å². The first-order valence-corrected chi connectivity index (χ1v) is 6.93. The third kappa shape index (κ3) is 3.61. The van der Waals surface area contributed by atoms with E-state index in [0.717, 1.165) is 22.2 Å². The van der Waals surface area contributed by atoms with Crippen molar-refractivity contribution in [2.24, 2.45) is 0 Å². The molecule has 0 spiro atoms. The predicted octanol–water partition coefficient (Wildman–Crippen LogP) is 3.47. The van der Waals surface area contributed by atoms with Gasteiger partial charge in [-0.05, 0) is 17.7 Å². The predicted molar refractivity (Wildman–Crippen MR) is 84.1 cm³/mol. The zero-order valence-electron chi connectivity index (χ0n) is 12.0. The Bertz CT molecular complexity index is 598. The molecule has 0 amide bonds. The van der Waals surface area contributed by atoms with Crippen molar-refractivity contribution in [3.8, 4) is 0 Å². The number of halogens is 1. The van der Waals surface area contributed by atoms with E-state index in [-0.39, 0.29) is 5.92 Å². The Hall–Kier alpha value is -1.81. The number of nitrogens with two attached hydrogens (primary N) is 1. The molecule has 0 aliphatic carbocycles. The molecule has 1 aromatic heterocycles. The second-order valence-corrected chi connectivity index (χ2v) is 5.59. The van der Waals surface area contributed by atoms with E-state index < -0.39 is 0 Å². The van der Waals surface area contributed by atoms with Gasteiger partial charge >= 0.3 is 0 Å². The number of hydrogen-bond donors (Lipinski definition) is 1. The van der Waals surface area contributed by atoms with E-state index in [1.807, 2.05) is 36.2 Å². The van der Waals surface area contributed by atoms with Crippen LogP contribution in [0.3, 0.4) is 0 Å². The van der Waals surface area contributed by atoms with Gasteiger partial charge in [-0.2, -0.15) is 0 Å².